The molecule has 0 atom stereocenters. The van der Waals surface area contributed by atoms with E-state index in [1.807, 2.05) is 0 Å². The number of non-ortho nitro benzene ring substituents is 1. The molecule has 10 heteroatoms. The van der Waals surface area contributed by atoms with E-state index in [2.05, 4.69) is 12.2 Å². The number of benzene rings is 1. The first-order valence-electron chi connectivity index (χ1n) is 8.43. The number of hydrogen-bond donors (Lipinski definition) is 1. The molecule has 1 N–H and O–H groups in total. The fourth-order valence-electron chi connectivity index (χ4n) is 2.61. The highest BCUT2D eigenvalue weighted by molar-refractivity contribution is 6.31. The number of nitro benzene ring substituents is 1. The molecule has 1 aliphatic heterocycles. The van der Waals surface area contributed by atoms with Crippen LogP contribution in [0.4, 0.5) is 5.69 Å². The number of ether oxygens (including phenoxy) is 1. The summed E-state index contributed by atoms with van der Waals surface area (Å²) in [7, 11) is 0. The molecule has 1 heterocycles. The second-order valence-corrected chi connectivity index (χ2v) is 6.80. The summed E-state index contributed by atoms with van der Waals surface area (Å²) in [6.45, 7) is 2.55. The van der Waals surface area contributed by atoms with Gasteiger partial charge in [0.15, 0.2) is 6.61 Å². The zero-order chi connectivity index (χ0) is 20.0. The first kappa shape index (κ1) is 20.6. The Kier molecular flexibility index (Phi) is 7.12. The van der Waals surface area contributed by atoms with Crippen molar-refractivity contribution in [3.63, 3.8) is 0 Å². The number of nitro groups is 1. The van der Waals surface area contributed by atoms with Crippen molar-refractivity contribution in [3.8, 4) is 0 Å². The first-order chi connectivity index (χ1) is 12.8. The summed E-state index contributed by atoms with van der Waals surface area (Å²) in [6.07, 6.45) is 1.84. The number of amides is 2. The molecule has 1 aromatic rings. The molecule has 9 nitrogen and oxygen atoms in total. The first-order valence-corrected chi connectivity index (χ1v) is 8.80. The van der Waals surface area contributed by atoms with Crippen LogP contribution in [-0.2, 0) is 14.3 Å². The van der Waals surface area contributed by atoms with Gasteiger partial charge in [0.2, 0.25) is 0 Å². The van der Waals surface area contributed by atoms with Crippen LogP contribution < -0.4 is 5.32 Å². The number of halogens is 1. The molecule has 1 saturated heterocycles. The molecular weight excluding hydrogens is 378 g/mol. The molecule has 0 unspecified atom stereocenters. The monoisotopic (exact) mass is 397 g/mol. The van der Waals surface area contributed by atoms with Gasteiger partial charge < -0.3 is 15.0 Å². The third kappa shape index (κ3) is 6.21. The van der Waals surface area contributed by atoms with Crippen molar-refractivity contribution in [1.29, 1.82) is 0 Å². The number of hydrogen-bond acceptors (Lipinski definition) is 6. The molecule has 0 aliphatic carbocycles. The van der Waals surface area contributed by atoms with E-state index in [1.54, 1.807) is 4.90 Å². The lowest BCUT2D eigenvalue weighted by molar-refractivity contribution is -0.384. The number of piperidine rings is 1. The fraction of sp³-hybridized carbons (Fsp3) is 0.471. The zero-order valence-electron chi connectivity index (χ0n) is 14.8. The van der Waals surface area contributed by atoms with Gasteiger partial charge in [0.25, 0.3) is 17.5 Å². The van der Waals surface area contributed by atoms with Crippen LogP contribution in [0.5, 0.6) is 0 Å². The molecule has 0 aromatic heterocycles. The Bertz CT molecular complexity index is 746. The summed E-state index contributed by atoms with van der Waals surface area (Å²) < 4.78 is 4.88. The topological polar surface area (TPSA) is 119 Å². The lowest BCUT2D eigenvalue weighted by Crippen LogP contribution is -2.41. The van der Waals surface area contributed by atoms with Crippen molar-refractivity contribution >= 4 is 35.1 Å². The largest absolute Gasteiger partial charge is 0.454 e. The van der Waals surface area contributed by atoms with E-state index in [4.69, 9.17) is 16.3 Å². The average molecular weight is 398 g/mol. The maximum Gasteiger partial charge on any atom is 0.325 e. The predicted molar refractivity (Wildman–Crippen MR) is 96.4 cm³/mol. The van der Waals surface area contributed by atoms with Gasteiger partial charge in [-0.15, -0.1) is 0 Å². The van der Waals surface area contributed by atoms with Crippen molar-refractivity contribution in [2.24, 2.45) is 5.92 Å². The normalized spacial score (nSPS) is 14.5. The molecule has 146 valence electrons. The highest BCUT2D eigenvalue weighted by Gasteiger charge is 2.21. The molecule has 27 heavy (non-hydrogen) atoms. The summed E-state index contributed by atoms with van der Waals surface area (Å²) >= 11 is 5.75. The van der Waals surface area contributed by atoms with E-state index in [9.17, 15) is 24.5 Å². The third-order valence-corrected chi connectivity index (χ3v) is 4.46. The maximum absolute atomic E-state index is 12.0. The standard InChI is InChI=1S/C17H20ClN3O6/c1-11-2-4-20(5-3-11)15(22)10-27-16(23)9-19-17(24)12-6-13(18)8-14(7-12)21(25)26/h6-8,11H,2-5,9-10H2,1H3,(H,19,24). The van der Waals surface area contributed by atoms with Crippen molar-refractivity contribution in [2.75, 3.05) is 26.2 Å². The minimum Gasteiger partial charge on any atom is -0.454 e. The molecular formula is C17H20ClN3O6. The van der Waals surface area contributed by atoms with E-state index < -0.39 is 23.3 Å². The fourth-order valence-corrected chi connectivity index (χ4v) is 2.84. The van der Waals surface area contributed by atoms with Gasteiger partial charge in [-0.1, -0.05) is 18.5 Å². The summed E-state index contributed by atoms with van der Waals surface area (Å²) in [5.74, 6) is -1.19. The van der Waals surface area contributed by atoms with Crippen LogP contribution in [0.15, 0.2) is 18.2 Å². The Balaban J connectivity index is 1.79. The summed E-state index contributed by atoms with van der Waals surface area (Å²) in [5, 5.41) is 13.1. The highest BCUT2D eigenvalue weighted by Crippen LogP contribution is 2.20. The van der Waals surface area contributed by atoms with Crippen molar-refractivity contribution < 1.29 is 24.0 Å². The van der Waals surface area contributed by atoms with Crippen molar-refractivity contribution in [3.05, 3.63) is 38.9 Å². The molecule has 1 aromatic carbocycles. The molecule has 0 spiro atoms. The Hall–Kier alpha value is -2.68. The number of likely N-dealkylation sites (tertiary alicyclic amines) is 1. The van der Waals surface area contributed by atoms with Gasteiger partial charge in [-0.05, 0) is 24.8 Å². The van der Waals surface area contributed by atoms with Crippen LogP contribution in [-0.4, -0.2) is 53.8 Å². The van der Waals surface area contributed by atoms with Gasteiger partial charge in [-0.2, -0.15) is 0 Å². The van der Waals surface area contributed by atoms with E-state index in [0.717, 1.165) is 25.0 Å². The number of nitrogens with one attached hydrogen (secondary N) is 1. The Morgan fingerprint density at radius 1 is 1.30 bits per heavy atom. The van der Waals surface area contributed by atoms with Crippen LogP contribution in [0.2, 0.25) is 5.02 Å². The van der Waals surface area contributed by atoms with Crippen LogP contribution >= 0.6 is 11.6 Å². The van der Waals surface area contributed by atoms with Gasteiger partial charge in [-0.3, -0.25) is 24.5 Å². The van der Waals surface area contributed by atoms with Gasteiger partial charge in [0.05, 0.1) is 4.92 Å². The Morgan fingerprint density at radius 3 is 2.59 bits per heavy atom. The Morgan fingerprint density at radius 2 is 1.96 bits per heavy atom. The summed E-state index contributed by atoms with van der Waals surface area (Å²) in [5.41, 5.74) is -0.391. The lowest BCUT2D eigenvalue weighted by Gasteiger charge is -2.30. The van der Waals surface area contributed by atoms with Gasteiger partial charge in [-0.25, -0.2) is 0 Å². The van der Waals surface area contributed by atoms with Crippen LogP contribution in [0.25, 0.3) is 0 Å². The quantitative estimate of drug-likeness (QED) is 0.444. The van der Waals surface area contributed by atoms with Crippen LogP contribution in [0, 0.1) is 16.0 Å². The minimum atomic E-state index is -0.779. The Labute approximate surface area is 160 Å². The average Bonchev–Trinajstić information content (AvgIpc) is 2.64. The van der Waals surface area contributed by atoms with Gasteiger partial charge >= 0.3 is 5.97 Å². The van der Waals surface area contributed by atoms with E-state index in [0.29, 0.717) is 19.0 Å². The highest BCUT2D eigenvalue weighted by atomic mass is 35.5. The molecule has 0 bridgehead atoms. The number of rotatable bonds is 6. The number of esters is 1. The molecule has 1 fully saturated rings. The lowest BCUT2D eigenvalue weighted by atomic mass is 9.99. The summed E-state index contributed by atoms with van der Waals surface area (Å²) in [6, 6.07) is 3.41. The second kappa shape index (κ2) is 9.31. The molecule has 0 radical (unpaired) electrons. The minimum absolute atomic E-state index is 0.0263. The van der Waals surface area contributed by atoms with E-state index >= 15 is 0 Å². The number of nitrogens with zero attached hydrogens (tertiary/aromatic N) is 2. The maximum atomic E-state index is 12.0. The SMILES string of the molecule is CC1CCN(C(=O)COC(=O)CNC(=O)c2cc(Cl)cc([N+](=O)[O-])c2)CC1. The number of carbonyl (C=O) groups excluding carboxylic acids is 3. The van der Waals surface area contributed by atoms with Crippen LogP contribution in [0.1, 0.15) is 30.1 Å². The smallest absolute Gasteiger partial charge is 0.325 e. The molecule has 0 saturated carbocycles. The van der Waals surface area contributed by atoms with E-state index in [1.165, 1.54) is 6.07 Å². The van der Waals surface area contributed by atoms with E-state index in [-0.39, 0.29) is 28.8 Å². The van der Waals surface area contributed by atoms with Gasteiger partial charge in [0.1, 0.15) is 6.54 Å². The predicted octanol–water partition coefficient (Wildman–Crippen LogP) is 1.78. The van der Waals surface area contributed by atoms with Crippen molar-refractivity contribution in [1.82, 2.24) is 10.2 Å². The molecule has 1 aliphatic rings. The second-order valence-electron chi connectivity index (χ2n) is 6.36. The van der Waals surface area contributed by atoms with Crippen LogP contribution in [0.3, 0.4) is 0 Å². The van der Waals surface area contributed by atoms with Crippen molar-refractivity contribution in [2.45, 2.75) is 19.8 Å². The van der Waals surface area contributed by atoms with Gasteiger partial charge in [0, 0.05) is 35.8 Å². The zero-order valence-corrected chi connectivity index (χ0v) is 15.5. The summed E-state index contributed by atoms with van der Waals surface area (Å²) in [4.78, 5) is 47.5. The molecule has 2 rings (SSSR count). The third-order valence-electron chi connectivity index (χ3n) is 4.24. The molecule has 2 amide bonds. The number of carbonyl (C=O) groups is 3.